The minimum atomic E-state index is -3.35. The Kier molecular flexibility index (Phi) is 4.53. The van der Waals surface area contributed by atoms with Crippen LogP contribution in [0.1, 0.15) is 28.4 Å². The topological polar surface area (TPSA) is 125 Å². The number of benzene rings is 2. The minimum absolute atomic E-state index is 0.355. The Morgan fingerprint density at radius 2 is 1.93 bits per heavy atom. The van der Waals surface area contributed by atoms with Crippen molar-refractivity contribution in [3.63, 3.8) is 0 Å². The van der Waals surface area contributed by atoms with E-state index in [4.69, 9.17) is 0 Å². The first-order chi connectivity index (χ1) is 14.1. The number of imide groups is 1. The average molecular weight is 428 g/mol. The number of anilines is 2. The van der Waals surface area contributed by atoms with Gasteiger partial charge in [0.1, 0.15) is 5.54 Å². The molecule has 0 spiro atoms. The lowest BCUT2D eigenvalue weighted by atomic mass is 9.92. The van der Waals surface area contributed by atoms with Crippen LogP contribution in [0.2, 0.25) is 0 Å². The Morgan fingerprint density at radius 3 is 2.60 bits per heavy atom. The van der Waals surface area contributed by atoms with Crippen LogP contribution in [0.25, 0.3) is 0 Å². The number of rotatable bonds is 4. The van der Waals surface area contributed by atoms with Crippen molar-refractivity contribution in [2.75, 3.05) is 22.4 Å². The maximum Gasteiger partial charge on any atom is 0.322 e. The van der Waals surface area contributed by atoms with Crippen molar-refractivity contribution in [1.29, 1.82) is 0 Å². The molecule has 2 aromatic carbocycles. The van der Waals surface area contributed by atoms with Gasteiger partial charge in [-0.05, 0) is 54.8 Å². The fraction of sp³-hybridized carbons (Fsp3) is 0.250. The molecule has 4 rings (SSSR count). The highest BCUT2D eigenvalue weighted by molar-refractivity contribution is 7.92. The molecule has 9 nitrogen and oxygen atoms in total. The van der Waals surface area contributed by atoms with Gasteiger partial charge in [-0.3, -0.25) is 19.2 Å². The van der Waals surface area contributed by atoms with E-state index in [1.165, 1.54) is 4.31 Å². The number of nitrogens with one attached hydrogen (secondary N) is 3. The zero-order valence-corrected chi connectivity index (χ0v) is 17.2. The molecule has 0 radical (unpaired) electrons. The summed E-state index contributed by atoms with van der Waals surface area (Å²) in [6.07, 6.45) is 1.69. The molecule has 0 saturated carbocycles. The second kappa shape index (κ2) is 6.84. The summed E-state index contributed by atoms with van der Waals surface area (Å²) >= 11 is 0. The van der Waals surface area contributed by atoms with E-state index < -0.39 is 27.5 Å². The fourth-order valence-corrected chi connectivity index (χ4v) is 4.67. The Hall–Kier alpha value is -3.40. The molecule has 1 fully saturated rings. The van der Waals surface area contributed by atoms with E-state index in [9.17, 15) is 22.8 Å². The van der Waals surface area contributed by atoms with Gasteiger partial charge in [-0.15, -0.1) is 0 Å². The first-order valence-corrected chi connectivity index (χ1v) is 11.1. The van der Waals surface area contributed by atoms with Gasteiger partial charge < -0.3 is 10.6 Å². The first-order valence-electron chi connectivity index (χ1n) is 9.24. The summed E-state index contributed by atoms with van der Waals surface area (Å²) in [6, 6.07) is 11.0. The van der Waals surface area contributed by atoms with Gasteiger partial charge in [-0.25, -0.2) is 13.2 Å². The van der Waals surface area contributed by atoms with Crippen molar-refractivity contribution in [3.8, 4) is 0 Å². The van der Waals surface area contributed by atoms with Gasteiger partial charge in [0.25, 0.3) is 11.8 Å². The second-order valence-corrected chi connectivity index (χ2v) is 9.40. The van der Waals surface area contributed by atoms with Crippen molar-refractivity contribution in [2.45, 2.75) is 18.9 Å². The number of fused-ring (bicyclic) bond motifs is 1. The normalized spacial score (nSPS) is 20.5. The van der Waals surface area contributed by atoms with Gasteiger partial charge in [0.2, 0.25) is 10.0 Å². The third-order valence-electron chi connectivity index (χ3n) is 5.34. The number of sulfonamides is 1. The lowest BCUT2D eigenvalue weighted by molar-refractivity contribution is -0.123. The Morgan fingerprint density at radius 1 is 1.17 bits per heavy atom. The molecule has 30 heavy (non-hydrogen) atoms. The lowest BCUT2D eigenvalue weighted by Gasteiger charge is -2.21. The van der Waals surface area contributed by atoms with Crippen LogP contribution in [-0.2, 0) is 26.8 Å². The van der Waals surface area contributed by atoms with E-state index in [0.717, 1.165) is 11.8 Å². The van der Waals surface area contributed by atoms with Gasteiger partial charge in [0, 0.05) is 17.8 Å². The Bertz CT molecular complexity index is 1190. The van der Waals surface area contributed by atoms with Crippen LogP contribution in [0, 0.1) is 0 Å². The Labute approximate surface area is 173 Å². The summed E-state index contributed by atoms with van der Waals surface area (Å²) in [6.45, 7) is 1.94. The van der Waals surface area contributed by atoms with Gasteiger partial charge in [0.15, 0.2) is 0 Å². The number of carbonyl (C=O) groups excluding carboxylic acids is 3. The van der Waals surface area contributed by atoms with Crippen molar-refractivity contribution < 1.29 is 22.8 Å². The molecule has 0 aliphatic carbocycles. The van der Waals surface area contributed by atoms with E-state index in [1.54, 1.807) is 49.4 Å². The zero-order chi connectivity index (χ0) is 21.7. The molecule has 2 aromatic rings. The third-order valence-corrected chi connectivity index (χ3v) is 6.52. The molecule has 0 bridgehead atoms. The molecule has 0 unspecified atom stereocenters. The predicted octanol–water partition coefficient (Wildman–Crippen LogP) is 1.32. The van der Waals surface area contributed by atoms with Crippen molar-refractivity contribution in [1.82, 2.24) is 10.6 Å². The van der Waals surface area contributed by atoms with Crippen LogP contribution < -0.4 is 20.3 Å². The highest BCUT2D eigenvalue weighted by atomic mass is 32.2. The summed E-state index contributed by atoms with van der Waals surface area (Å²) in [5.41, 5.74) is 1.55. The molecular formula is C20H20N4O5S. The molecule has 1 saturated heterocycles. The summed E-state index contributed by atoms with van der Waals surface area (Å²) < 4.78 is 25.0. The number of nitrogens with zero attached hydrogens (tertiary/aromatic N) is 1. The highest BCUT2D eigenvalue weighted by Crippen LogP contribution is 2.31. The van der Waals surface area contributed by atoms with E-state index >= 15 is 0 Å². The number of hydrogen-bond donors (Lipinski definition) is 3. The van der Waals surface area contributed by atoms with E-state index in [2.05, 4.69) is 16.0 Å². The van der Waals surface area contributed by atoms with Crippen LogP contribution in [0.5, 0.6) is 0 Å². The summed E-state index contributed by atoms with van der Waals surface area (Å²) in [5.74, 6) is -0.831. The number of hydrogen-bond acceptors (Lipinski definition) is 5. The van der Waals surface area contributed by atoms with Crippen LogP contribution >= 0.6 is 0 Å². The lowest BCUT2D eigenvalue weighted by Crippen LogP contribution is -2.40. The smallest absolute Gasteiger partial charge is 0.322 e. The zero-order valence-electron chi connectivity index (χ0n) is 16.4. The van der Waals surface area contributed by atoms with E-state index in [1.807, 2.05) is 0 Å². The van der Waals surface area contributed by atoms with Crippen LogP contribution in [-0.4, -0.2) is 39.1 Å². The maximum atomic E-state index is 12.7. The quantitative estimate of drug-likeness (QED) is 0.634. The van der Waals surface area contributed by atoms with Crippen LogP contribution in [0.3, 0.4) is 0 Å². The highest BCUT2D eigenvalue weighted by Gasteiger charge is 2.43. The van der Waals surface area contributed by atoms with E-state index in [-0.39, 0.29) is 5.91 Å². The van der Waals surface area contributed by atoms with Crippen molar-refractivity contribution in [2.24, 2.45) is 0 Å². The second-order valence-electron chi connectivity index (χ2n) is 7.50. The number of carbonyl (C=O) groups is 3. The minimum Gasteiger partial charge on any atom is -0.322 e. The van der Waals surface area contributed by atoms with Gasteiger partial charge in [0.05, 0.1) is 11.9 Å². The van der Waals surface area contributed by atoms with Gasteiger partial charge in [-0.2, -0.15) is 0 Å². The summed E-state index contributed by atoms with van der Waals surface area (Å²) in [7, 11) is -3.35. The third kappa shape index (κ3) is 3.39. The van der Waals surface area contributed by atoms with Crippen molar-refractivity contribution in [3.05, 3.63) is 59.2 Å². The summed E-state index contributed by atoms with van der Waals surface area (Å²) in [4.78, 5) is 36.4. The van der Waals surface area contributed by atoms with Gasteiger partial charge >= 0.3 is 6.03 Å². The van der Waals surface area contributed by atoms with E-state index in [0.29, 0.717) is 35.5 Å². The first kappa shape index (κ1) is 19.9. The molecule has 156 valence electrons. The molecule has 2 aliphatic rings. The molecule has 3 N–H and O–H groups in total. The molecular weight excluding hydrogens is 408 g/mol. The number of urea groups is 1. The van der Waals surface area contributed by atoms with Crippen LogP contribution in [0.15, 0.2) is 42.5 Å². The monoisotopic (exact) mass is 428 g/mol. The van der Waals surface area contributed by atoms with Gasteiger partial charge in [-0.1, -0.05) is 12.1 Å². The largest absolute Gasteiger partial charge is 0.322 e. The van der Waals surface area contributed by atoms with Crippen LogP contribution in [0.4, 0.5) is 16.2 Å². The van der Waals surface area contributed by atoms with Crippen molar-refractivity contribution >= 4 is 39.2 Å². The molecule has 1 atom stereocenters. The average Bonchev–Trinajstić information content (AvgIpc) is 3.22. The standard InChI is InChI=1S/C20H20N4O5S/c1-20(18(26)22-19(27)23-20)14-4-3-5-15(11-14)21-17(25)13-6-7-16-12(10-13)8-9-24(16)30(2,28)29/h3-7,10-11H,8-9H2,1-2H3,(H,21,25)(H2,22,23,26,27)/t20-/m1/s1. The SMILES string of the molecule is C[C@]1(c2cccc(NC(=O)c3ccc4c(c3)CCN4S(C)(=O)=O)c2)NC(=O)NC1=O. The fourth-order valence-electron chi connectivity index (χ4n) is 3.71. The molecule has 0 aromatic heterocycles. The molecule has 4 amide bonds. The summed E-state index contributed by atoms with van der Waals surface area (Å²) in [5, 5.41) is 7.58. The molecule has 10 heteroatoms. The Balaban J connectivity index is 1.56. The molecule has 2 heterocycles. The molecule has 2 aliphatic heterocycles. The predicted molar refractivity (Wildman–Crippen MR) is 111 cm³/mol. The number of amides is 4. The maximum absolute atomic E-state index is 12.7.